The van der Waals surface area contributed by atoms with E-state index in [0.29, 0.717) is 5.39 Å². The van der Waals surface area contributed by atoms with Gasteiger partial charge in [-0.1, -0.05) is 11.6 Å². The highest BCUT2D eigenvalue weighted by Crippen LogP contribution is 2.34. The van der Waals surface area contributed by atoms with Crippen molar-refractivity contribution in [1.29, 1.82) is 0 Å². The van der Waals surface area contributed by atoms with Crippen molar-refractivity contribution < 1.29 is 13.2 Å². The second-order valence-corrected chi connectivity index (χ2v) is 3.19. The van der Waals surface area contributed by atoms with Gasteiger partial charge < -0.3 is 0 Å². The predicted octanol–water partition coefficient (Wildman–Crippen LogP) is 3.24. The second-order valence-electron chi connectivity index (χ2n) is 2.79. The van der Waals surface area contributed by atoms with Crippen molar-refractivity contribution in [2.45, 2.75) is 6.18 Å². The Morgan fingerprint density at radius 3 is 2.64 bits per heavy atom. The molecule has 0 saturated heterocycles. The minimum atomic E-state index is -4.39. The molecule has 1 aromatic heterocycles. The van der Waals surface area contributed by atoms with Gasteiger partial charge in [0, 0.05) is 5.39 Å². The van der Waals surface area contributed by atoms with E-state index in [-0.39, 0.29) is 10.5 Å². The lowest BCUT2D eigenvalue weighted by Gasteiger charge is -2.06. The summed E-state index contributed by atoms with van der Waals surface area (Å²) in [5.41, 5.74) is -0.496. The van der Waals surface area contributed by atoms with Crippen molar-refractivity contribution in [3.63, 3.8) is 0 Å². The first-order valence-electron chi connectivity index (χ1n) is 3.68. The van der Waals surface area contributed by atoms with Gasteiger partial charge in [-0.15, -0.1) is 0 Å². The van der Waals surface area contributed by atoms with Gasteiger partial charge in [0.05, 0.1) is 22.3 Å². The number of alkyl halides is 3. The molecule has 0 unspecified atom stereocenters. The fourth-order valence-corrected chi connectivity index (χ4v) is 1.44. The number of H-pyrrole nitrogens is 1. The van der Waals surface area contributed by atoms with E-state index in [4.69, 9.17) is 11.6 Å². The van der Waals surface area contributed by atoms with Crippen molar-refractivity contribution in [1.82, 2.24) is 10.2 Å². The maximum Gasteiger partial charge on any atom is 0.416 e. The van der Waals surface area contributed by atoms with Gasteiger partial charge in [0.1, 0.15) is 0 Å². The molecule has 6 heteroatoms. The van der Waals surface area contributed by atoms with Crippen molar-refractivity contribution in [2.24, 2.45) is 0 Å². The number of halogens is 4. The van der Waals surface area contributed by atoms with Crippen LogP contribution in [0.25, 0.3) is 10.9 Å². The number of nitrogens with zero attached hydrogens (tertiary/aromatic N) is 1. The van der Waals surface area contributed by atoms with Gasteiger partial charge in [-0.05, 0) is 12.1 Å². The van der Waals surface area contributed by atoms with Gasteiger partial charge in [-0.3, -0.25) is 5.10 Å². The molecule has 1 heterocycles. The largest absolute Gasteiger partial charge is 0.416 e. The normalized spacial score (nSPS) is 12.3. The van der Waals surface area contributed by atoms with Crippen LogP contribution in [0, 0.1) is 0 Å². The summed E-state index contributed by atoms with van der Waals surface area (Å²) in [5, 5.41) is 6.58. The number of rotatable bonds is 0. The Labute approximate surface area is 81.7 Å². The first-order valence-corrected chi connectivity index (χ1v) is 4.06. The first-order chi connectivity index (χ1) is 6.48. The van der Waals surface area contributed by atoms with Gasteiger partial charge in [-0.2, -0.15) is 18.3 Å². The molecular formula is C8H4ClF3N2. The summed E-state index contributed by atoms with van der Waals surface area (Å²) in [5.74, 6) is 0. The Bertz CT molecular complexity index is 475. The highest BCUT2D eigenvalue weighted by Gasteiger charge is 2.31. The maximum absolute atomic E-state index is 12.3. The van der Waals surface area contributed by atoms with Gasteiger partial charge >= 0.3 is 6.18 Å². The maximum atomic E-state index is 12.3. The van der Waals surface area contributed by atoms with Crippen LogP contribution < -0.4 is 0 Å². The molecule has 0 aliphatic rings. The number of benzene rings is 1. The molecule has 0 atom stereocenters. The van der Waals surface area contributed by atoms with E-state index in [1.165, 1.54) is 6.20 Å². The quantitative estimate of drug-likeness (QED) is 0.726. The van der Waals surface area contributed by atoms with E-state index in [0.717, 1.165) is 12.1 Å². The second kappa shape index (κ2) is 2.88. The molecule has 2 nitrogen and oxygen atoms in total. The van der Waals surface area contributed by atoms with Crippen LogP contribution in [-0.2, 0) is 6.18 Å². The van der Waals surface area contributed by atoms with Crippen LogP contribution in [0.4, 0.5) is 13.2 Å². The Balaban J connectivity index is 2.70. The molecule has 0 radical (unpaired) electrons. The molecule has 0 aliphatic heterocycles. The van der Waals surface area contributed by atoms with E-state index in [2.05, 4.69) is 10.2 Å². The number of fused-ring (bicyclic) bond motifs is 1. The van der Waals surface area contributed by atoms with Crippen molar-refractivity contribution in [2.75, 3.05) is 0 Å². The lowest BCUT2D eigenvalue weighted by Crippen LogP contribution is -2.04. The molecule has 14 heavy (non-hydrogen) atoms. The summed E-state index contributed by atoms with van der Waals surface area (Å²) < 4.78 is 36.9. The van der Waals surface area contributed by atoms with Crippen LogP contribution in [-0.4, -0.2) is 10.2 Å². The molecule has 0 fully saturated rings. The smallest absolute Gasteiger partial charge is 0.278 e. The molecule has 0 amide bonds. The molecule has 1 N–H and O–H groups in total. The standard InChI is InChI=1S/C8H4ClF3N2/c9-6-1-4(8(10,11)12)2-7-5(6)3-13-14-7/h1-3H,(H,13,14). The minimum absolute atomic E-state index is 0.0450. The molecule has 0 spiro atoms. The molecule has 0 bridgehead atoms. The summed E-state index contributed by atoms with van der Waals surface area (Å²) in [7, 11) is 0. The van der Waals surface area contributed by atoms with Crippen LogP contribution in [0.1, 0.15) is 5.56 Å². The molecule has 74 valence electrons. The Hall–Kier alpha value is -1.23. The van der Waals surface area contributed by atoms with E-state index in [1.54, 1.807) is 0 Å². The van der Waals surface area contributed by atoms with Crippen LogP contribution in [0.15, 0.2) is 18.3 Å². The number of hydrogen-bond donors (Lipinski definition) is 1. The Morgan fingerprint density at radius 2 is 2.00 bits per heavy atom. The van der Waals surface area contributed by atoms with Crippen molar-refractivity contribution in [3.05, 3.63) is 28.9 Å². The zero-order valence-corrected chi connectivity index (χ0v) is 7.45. The summed E-state index contributed by atoms with van der Waals surface area (Å²) in [6, 6.07) is 1.87. The number of aromatic nitrogens is 2. The number of nitrogens with one attached hydrogen (secondary N) is 1. The van der Waals surface area contributed by atoms with Crippen molar-refractivity contribution in [3.8, 4) is 0 Å². The summed E-state index contributed by atoms with van der Waals surface area (Å²) in [6.07, 6.45) is -3.00. The fourth-order valence-electron chi connectivity index (χ4n) is 1.17. The van der Waals surface area contributed by atoms with Crippen LogP contribution >= 0.6 is 11.6 Å². The Kier molecular flexibility index (Phi) is 1.92. The van der Waals surface area contributed by atoms with Crippen LogP contribution in [0.5, 0.6) is 0 Å². The van der Waals surface area contributed by atoms with E-state index >= 15 is 0 Å². The van der Waals surface area contributed by atoms with E-state index in [9.17, 15) is 13.2 Å². The SMILES string of the molecule is FC(F)(F)c1cc(Cl)c2cn[nH]c2c1. The third kappa shape index (κ3) is 1.43. The molecular weight excluding hydrogens is 217 g/mol. The highest BCUT2D eigenvalue weighted by molar-refractivity contribution is 6.35. The summed E-state index contributed by atoms with van der Waals surface area (Å²) in [4.78, 5) is 0. The van der Waals surface area contributed by atoms with Gasteiger partial charge in [0.15, 0.2) is 0 Å². The fraction of sp³-hybridized carbons (Fsp3) is 0.125. The van der Waals surface area contributed by atoms with Crippen LogP contribution in [0.2, 0.25) is 5.02 Å². The zero-order valence-electron chi connectivity index (χ0n) is 6.69. The van der Waals surface area contributed by atoms with Crippen LogP contribution in [0.3, 0.4) is 0 Å². The first kappa shape index (κ1) is 9.33. The molecule has 0 saturated carbocycles. The number of hydrogen-bond acceptors (Lipinski definition) is 1. The summed E-state index contributed by atoms with van der Waals surface area (Å²) >= 11 is 5.65. The van der Waals surface area contributed by atoms with E-state index in [1.807, 2.05) is 0 Å². The van der Waals surface area contributed by atoms with Gasteiger partial charge in [-0.25, -0.2) is 0 Å². The van der Waals surface area contributed by atoms with E-state index < -0.39 is 11.7 Å². The zero-order chi connectivity index (χ0) is 10.3. The summed E-state index contributed by atoms with van der Waals surface area (Å²) in [6.45, 7) is 0. The average Bonchev–Trinajstić information content (AvgIpc) is 2.50. The molecule has 0 aliphatic carbocycles. The van der Waals surface area contributed by atoms with Gasteiger partial charge in [0.25, 0.3) is 0 Å². The third-order valence-electron chi connectivity index (χ3n) is 1.84. The highest BCUT2D eigenvalue weighted by atomic mass is 35.5. The lowest BCUT2D eigenvalue weighted by molar-refractivity contribution is -0.137. The number of aromatic amines is 1. The monoisotopic (exact) mass is 220 g/mol. The Morgan fingerprint density at radius 1 is 1.29 bits per heavy atom. The lowest BCUT2D eigenvalue weighted by atomic mass is 10.1. The van der Waals surface area contributed by atoms with Gasteiger partial charge in [0.2, 0.25) is 0 Å². The topological polar surface area (TPSA) is 28.7 Å². The minimum Gasteiger partial charge on any atom is -0.278 e. The molecule has 1 aromatic carbocycles. The predicted molar refractivity (Wildman–Crippen MR) is 46.1 cm³/mol. The average molecular weight is 221 g/mol. The van der Waals surface area contributed by atoms with Crippen molar-refractivity contribution >= 4 is 22.5 Å². The molecule has 2 rings (SSSR count). The molecule has 2 aromatic rings. The third-order valence-corrected chi connectivity index (χ3v) is 2.15.